The molecule has 0 saturated carbocycles. The molecular formula is C32H31FN6O2S. The van der Waals surface area contributed by atoms with Gasteiger partial charge in [-0.05, 0) is 61.6 Å². The van der Waals surface area contributed by atoms with Gasteiger partial charge in [-0.2, -0.15) is 0 Å². The third-order valence-electron chi connectivity index (χ3n) is 6.29. The Balaban J connectivity index is 1.31. The number of anilines is 2. The molecule has 0 radical (unpaired) electrons. The Morgan fingerprint density at radius 2 is 1.86 bits per heavy atom. The van der Waals surface area contributed by atoms with Crippen LogP contribution in [0.15, 0.2) is 97.3 Å². The average molecular weight is 583 g/mol. The lowest BCUT2D eigenvalue weighted by Gasteiger charge is -2.20. The summed E-state index contributed by atoms with van der Waals surface area (Å²) < 4.78 is 19.6. The van der Waals surface area contributed by atoms with Gasteiger partial charge >= 0.3 is 0 Å². The van der Waals surface area contributed by atoms with Crippen LogP contribution in [0, 0.1) is 5.82 Å². The smallest absolute Gasteiger partial charge is 0.248 e. The van der Waals surface area contributed by atoms with Crippen LogP contribution in [-0.2, 0) is 16.1 Å². The highest BCUT2D eigenvalue weighted by Crippen LogP contribution is 2.33. The number of aromatic nitrogens is 3. The van der Waals surface area contributed by atoms with Crippen molar-refractivity contribution in [1.29, 1.82) is 0 Å². The van der Waals surface area contributed by atoms with Crippen molar-refractivity contribution in [2.45, 2.75) is 12.6 Å². The number of amides is 1. The highest BCUT2D eigenvalue weighted by molar-refractivity contribution is 7.21. The van der Waals surface area contributed by atoms with Gasteiger partial charge in [-0.15, -0.1) is 0 Å². The van der Waals surface area contributed by atoms with Crippen molar-refractivity contribution < 1.29 is 13.9 Å². The summed E-state index contributed by atoms with van der Waals surface area (Å²) in [5.41, 5.74) is 4.05. The summed E-state index contributed by atoms with van der Waals surface area (Å²) >= 11 is 1.47. The lowest BCUT2D eigenvalue weighted by Crippen LogP contribution is -2.18. The van der Waals surface area contributed by atoms with E-state index in [2.05, 4.69) is 20.6 Å². The van der Waals surface area contributed by atoms with Crippen LogP contribution in [0.25, 0.3) is 20.9 Å². The van der Waals surface area contributed by atoms with Gasteiger partial charge in [0.1, 0.15) is 27.5 Å². The zero-order valence-corrected chi connectivity index (χ0v) is 24.1. The minimum absolute atomic E-state index is 0.177. The van der Waals surface area contributed by atoms with E-state index in [0.29, 0.717) is 30.2 Å². The largest absolute Gasteiger partial charge is 0.374 e. The SMILES string of the molecule is CN(C)CC=CC(=O)Nc1ccc(-c2nc3c(N[C@H](COCc4cccc(F)c4)c4ccccc4)ncnc3s2)cc1. The second-order valence-electron chi connectivity index (χ2n) is 9.88. The Morgan fingerprint density at radius 1 is 1.05 bits per heavy atom. The molecule has 0 spiro atoms. The normalized spacial score (nSPS) is 12.2. The first-order valence-electron chi connectivity index (χ1n) is 13.4. The van der Waals surface area contributed by atoms with Crippen molar-refractivity contribution in [3.05, 3.63) is 114 Å². The molecule has 5 rings (SSSR count). The van der Waals surface area contributed by atoms with Crippen molar-refractivity contribution in [2.75, 3.05) is 37.9 Å². The third kappa shape index (κ3) is 7.82. The summed E-state index contributed by atoms with van der Waals surface area (Å²) in [6.45, 7) is 1.31. The first-order valence-corrected chi connectivity index (χ1v) is 14.2. The maximum absolute atomic E-state index is 13.6. The predicted molar refractivity (Wildman–Crippen MR) is 166 cm³/mol. The number of hydrogen-bond donors (Lipinski definition) is 2. The first-order chi connectivity index (χ1) is 20.4. The van der Waals surface area contributed by atoms with Crippen molar-refractivity contribution in [2.24, 2.45) is 0 Å². The number of benzene rings is 3. The minimum Gasteiger partial charge on any atom is -0.374 e. The van der Waals surface area contributed by atoms with Gasteiger partial charge in [-0.25, -0.2) is 19.3 Å². The number of likely N-dealkylation sites (N-methyl/N-ethyl adjacent to an activating group) is 1. The van der Waals surface area contributed by atoms with Crippen LogP contribution in [0.3, 0.4) is 0 Å². The van der Waals surface area contributed by atoms with Gasteiger partial charge in [-0.3, -0.25) is 4.79 Å². The number of nitrogens with zero attached hydrogens (tertiary/aromatic N) is 4. The lowest BCUT2D eigenvalue weighted by molar-refractivity contribution is -0.111. The van der Waals surface area contributed by atoms with Crippen molar-refractivity contribution in [3.63, 3.8) is 0 Å². The number of halogens is 1. The number of ether oxygens (including phenoxy) is 1. The zero-order chi connectivity index (χ0) is 29.3. The summed E-state index contributed by atoms with van der Waals surface area (Å²) in [6, 6.07) is 23.7. The van der Waals surface area contributed by atoms with Crippen LogP contribution in [0.1, 0.15) is 17.2 Å². The van der Waals surface area contributed by atoms with E-state index in [-0.39, 0.29) is 24.4 Å². The number of thiazole rings is 1. The number of nitrogens with one attached hydrogen (secondary N) is 2. The second-order valence-corrected chi connectivity index (χ2v) is 10.9. The molecule has 5 aromatic rings. The van der Waals surface area contributed by atoms with Gasteiger partial charge in [-0.1, -0.05) is 59.9 Å². The van der Waals surface area contributed by atoms with Gasteiger partial charge < -0.3 is 20.3 Å². The van der Waals surface area contributed by atoms with E-state index in [1.165, 1.54) is 35.9 Å². The van der Waals surface area contributed by atoms with E-state index in [1.54, 1.807) is 6.07 Å². The maximum Gasteiger partial charge on any atom is 0.248 e. The monoisotopic (exact) mass is 582 g/mol. The molecule has 0 aliphatic rings. The van der Waals surface area contributed by atoms with Crippen LogP contribution in [0.4, 0.5) is 15.9 Å². The maximum atomic E-state index is 13.6. The Bertz CT molecular complexity index is 1660. The Labute approximate surface area is 247 Å². The summed E-state index contributed by atoms with van der Waals surface area (Å²) in [5.74, 6) is 0.131. The molecule has 0 saturated heterocycles. The molecule has 2 aromatic heterocycles. The predicted octanol–water partition coefficient (Wildman–Crippen LogP) is 6.32. The second kappa shape index (κ2) is 13.9. The fourth-order valence-corrected chi connectivity index (χ4v) is 5.14. The fourth-order valence-electron chi connectivity index (χ4n) is 4.23. The van der Waals surface area contributed by atoms with E-state index in [0.717, 1.165) is 26.5 Å². The molecule has 2 N–H and O–H groups in total. The molecule has 8 nitrogen and oxygen atoms in total. The Hall–Kier alpha value is -4.51. The van der Waals surface area contributed by atoms with Crippen molar-refractivity contribution in [3.8, 4) is 10.6 Å². The van der Waals surface area contributed by atoms with Gasteiger partial charge in [0.15, 0.2) is 5.82 Å². The van der Waals surface area contributed by atoms with Crippen LogP contribution in [0.5, 0.6) is 0 Å². The standard InChI is InChI=1S/C32H31FN6O2S/c1-39(2)17-7-12-28(40)36-26-15-13-24(14-16-26)31-38-29-30(34-21-35-32(29)42-31)37-27(23-9-4-3-5-10-23)20-41-19-22-8-6-11-25(33)18-22/h3-16,18,21,27H,17,19-20H2,1-2H3,(H,36,40)(H,34,35,37)/t27-/m1/s1. The number of hydrogen-bond acceptors (Lipinski definition) is 8. The fraction of sp³-hybridized carbons (Fsp3) is 0.188. The van der Waals surface area contributed by atoms with E-state index >= 15 is 0 Å². The van der Waals surface area contributed by atoms with Crippen LogP contribution >= 0.6 is 11.3 Å². The molecule has 0 aliphatic carbocycles. The van der Waals surface area contributed by atoms with Crippen LogP contribution in [-0.4, -0.2) is 53.0 Å². The molecule has 42 heavy (non-hydrogen) atoms. The molecule has 0 unspecified atom stereocenters. The molecule has 1 atom stereocenters. The van der Waals surface area contributed by atoms with Gasteiger partial charge in [0.05, 0.1) is 19.3 Å². The van der Waals surface area contributed by atoms with E-state index < -0.39 is 0 Å². The van der Waals surface area contributed by atoms with E-state index in [4.69, 9.17) is 9.72 Å². The summed E-state index contributed by atoms with van der Waals surface area (Å²) in [4.78, 5) is 28.7. The van der Waals surface area contributed by atoms with Crippen molar-refractivity contribution >= 4 is 39.1 Å². The zero-order valence-electron chi connectivity index (χ0n) is 23.3. The topological polar surface area (TPSA) is 92.3 Å². The minimum atomic E-state index is -0.288. The molecular weight excluding hydrogens is 551 g/mol. The Kier molecular flexibility index (Phi) is 9.60. The summed E-state index contributed by atoms with van der Waals surface area (Å²) in [5, 5.41) is 7.15. The highest BCUT2D eigenvalue weighted by Gasteiger charge is 2.18. The number of carbonyl (C=O) groups excluding carboxylic acids is 1. The Morgan fingerprint density at radius 3 is 2.62 bits per heavy atom. The summed E-state index contributed by atoms with van der Waals surface area (Å²) in [7, 11) is 3.89. The molecule has 1 amide bonds. The molecule has 0 aliphatic heterocycles. The lowest BCUT2D eigenvalue weighted by atomic mass is 10.1. The number of fused-ring (bicyclic) bond motifs is 1. The average Bonchev–Trinajstić information content (AvgIpc) is 3.43. The summed E-state index contributed by atoms with van der Waals surface area (Å²) in [6.07, 6.45) is 4.87. The number of rotatable bonds is 12. The van der Waals surface area contributed by atoms with Gasteiger partial charge in [0.25, 0.3) is 0 Å². The quantitative estimate of drug-likeness (QED) is 0.166. The van der Waals surface area contributed by atoms with E-state index in [1.807, 2.05) is 85.7 Å². The molecule has 2 heterocycles. The molecule has 10 heteroatoms. The van der Waals surface area contributed by atoms with Crippen LogP contribution < -0.4 is 10.6 Å². The van der Waals surface area contributed by atoms with Gasteiger partial charge in [0.2, 0.25) is 5.91 Å². The molecule has 0 fully saturated rings. The molecule has 214 valence electrons. The number of carbonyl (C=O) groups is 1. The molecule has 0 bridgehead atoms. The van der Waals surface area contributed by atoms with Crippen LogP contribution in [0.2, 0.25) is 0 Å². The third-order valence-corrected chi connectivity index (χ3v) is 7.30. The highest BCUT2D eigenvalue weighted by atomic mass is 32.1. The first kappa shape index (κ1) is 29.0. The molecule has 3 aromatic carbocycles. The van der Waals surface area contributed by atoms with E-state index in [9.17, 15) is 9.18 Å². The van der Waals surface area contributed by atoms with Gasteiger partial charge in [0, 0.05) is 23.9 Å². The van der Waals surface area contributed by atoms with Crippen molar-refractivity contribution in [1.82, 2.24) is 19.9 Å².